The molecule has 2 rings (SSSR count). The minimum atomic E-state index is -0.183. The highest BCUT2D eigenvalue weighted by molar-refractivity contribution is 5.69. The van der Waals surface area contributed by atoms with Gasteiger partial charge in [-0.2, -0.15) is 0 Å². The lowest BCUT2D eigenvalue weighted by Gasteiger charge is -2.13. The standard InChI is InChI=1S/C15H21NO3/c1-16-13-9-8-12-11(13)5-3-6-14(12)19-10-4-7-15(17)18-2/h3,5-6,13,16H,4,7-10H2,1-2H3. The molecular weight excluding hydrogens is 242 g/mol. The lowest BCUT2D eigenvalue weighted by molar-refractivity contribution is -0.140. The number of fused-ring (bicyclic) bond motifs is 1. The second kappa shape index (κ2) is 6.57. The van der Waals surface area contributed by atoms with Gasteiger partial charge in [0.1, 0.15) is 5.75 Å². The number of benzene rings is 1. The van der Waals surface area contributed by atoms with Gasteiger partial charge in [-0.3, -0.25) is 4.79 Å². The van der Waals surface area contributed by atoms with Crippen LogP contribution in [0.5, 0.6) is 5.75 Å². The predicted molar refractivity (Wildman–Crippen MR) is 73.3 cm³/mol. The average molecular weight is 263 g/mol. The minimum absolute atomic E-state index is 0.183. The summed E-state index contributed by atoms with van der Waals surface area (Å²) in [4.78, 5) is 11.0. The Hall–Kier alpha value is -1.55. The van der Waals surface area contributed by atoms with Crippen molar-refractivity contribution in [3.05, 3.63) is 29.3 Å². The highest BCUT2D eigenvalue weighted by atomic mass is 16.5. The van der Waals surface area contributed by atoms with Gasteiger partial charge < -0.3 is 14.8 Å². The molecule has 104 valence electrons. The largest absolute Gasteiger partial charge is 0.493 e. The van der Waals surface area contributed by atoms with Crippen molar-refractivity contribution in [1.29, 1.82) is 0 Å². The van der Waals surface area contributed by atoms with Crippen molar-refractivity contribution in [1.82, 2.24) is 5.32 Å². The molecule has 0 aliphatic heterocycles. The third-order valence-electron chi connectivity index (χ3n) is 3.59. The van der Waals surface area contributed by atoms with Crippen LogP contribution in [0.3, 0.4) is 0 Å². The number of carbonyl (C=O) groups excluding carboxylic acids is 1. The van der Waals surface area contributed by atoms with Gasteiger partial charge in [0.2, 0.25) is 0 Å². The van der Waals surface area contributed by atoms with Crippen LogP contribution >= 0.6 is 0 Å². The normalized spacial score (nSPS) is 17.1. The van der Waals surface area contributed by atoms with Crippen LogP contribution in [0.15, 0.2) is 18.2 Å². The molecule has 0 spiro atoms. The van der Waals surface area contributed by atoms with E-state index in [2.05, 4.69) is 16.1 Å². The fourth-order valence-electron chi connectivity index (χ4n) is 2.56. The maximum absolute atomic E-state index is 11.0. The summed E-state index contributed by atoms with van der Waals surface area (Å²) in [5.41, 5.74) is 2.65. The van der Waals surface area contributed by atoms with E-state index in [1.807, 2.05) is 19.2 Å². The van der Waals surface area contributed by atoms with E-state index in [1.54, 1.807) is 0 Å². The molecule has 1 aliphatic rings. The van der Waals surface area contributed by atoms with E-state index in [0.717, 1.165) is 18.6 Å². The summed E-state index contributed by atoms with van der Waals surface area (Å²) in [6.07, 6.45) is 3.26. The molecule has 0 amide bonds. The highest BCUT2D eigenvalue weighted by Gasteiger charge is 2.23. The highest BCUT2D eigenvalue weighted by Crippen LogP contribution is 2.36. The molecule has 4 heteroatoms. The number of ether oxygens (including phenoxy) is 2. The van der Waals surface area contributed by atoms with Crippen molar-refractivity contribution in [3.63, 3.8) is 0 Å². The second-order valence-electron chi connectivity index (χ2n) is 4.73. The first kappa shape index (κ1) is 13.9. The molecule has 1 unspecified atom stereocenters. The molecule has 19 heavy (non-hydrogen) atoms. The molecule has 0 aromatic heterocycles. The summed E-state index contributed by atoms with van der Waals surface area (Å²) < 4.78 is 10.4. The Kier molecular flexibility index (Phi) is 4.80. The molecule has 4 nitrogen and oxygen atoms in total. The van der Waals surface area contributed by atoms with Crippen molar-refractivity contribution in [2.75, 3.05) is 20.8 Å². The summed E-state index contributed by atoms with van der Waals surface area (Å²) in [7, 11) is 3.40. The molecule has 1 N–H and O–H groups in total. The quantitative estimate of drug-likeness (QED) is 0.631. The summed E-state index contributed by atoms with van der Waals surface area (Å²) in [5, 5.41) is 3.32. The predicted octanol–water partition coefficient (Wildman–Crippen LogP) is 2.23. The van der Waals surface area contributed by atoms with Gasteiger partial charge in [-0.15, -0.1) is 0 Å². The van der Waals surface area contributed by atoms with E-state index in [1.165, 1.54) is 18.2 Å². The first-order chi connectivity index (χ1) is 9.26. The van der Waals surface area contributed by atoms with Crippen LogP contribution in [0.1, 0.15) is 36.4 Å². The van der Waals surface area contributed by atoms with Crippen LogP contribution in [0.25, 0.3) is 0 Å². The second-order valence-corrected chi connectivity index (χ2v) is 4.73. The lowest BCUT2D eigenvalue weighted by Crippen LogP contribution is -2.12. The third kappa shape index (κ3) is 3.26. The molecule has 1 aromatic carbocycles. The van der Waals surface area contributed by atoms with Crippen LogP contribution in [0, 0.1) is 0 Å². The number of methoxy groups -OCH3 is 1. The zero-order valence-electron chi connectivity index (χ0n) is 11.6. The van der Waals surface area contributed by atoms with Crippen LogP contribution in [-0.2, 0) is 16.0 Å². The maximum Gasteiger partial charge on any atom is 0.305 e. The average Bonchev–Trinajstić information content (AvgIpc) is 2.87. The van der Waals surface area contributed by atoms with Crippen molar-refractivity contribution in [2.24, 2.45) is 0 Å². The Morgan fingerprint density at radius 3 is 3.05 bits per heavy atom. The molecular formula is C15H21NO3. The Balaban J connectivity index is 1.91. The summed E-state index contributed by atoms with van der Waals surface area (Å²) in [6, 6.07) is 6.64. The van der Waals surface area contributed by atoms with E-state index in [0.29, 0.717) is 25.5 Å². The van der Waals surface area contributed by atoms with E-state index >= 15 is 0 Å². The number of hydrogen-bond donors (Lipinski definition) is 1. The van der Waals surface area contributed by atoms with E-state index in [-0.39, 0.29) is 5.97 Å². The number of rotatable bonds is 6. The minimum Gasteiger partial charge on any atom is -0.493 e. The van der Waals surface area contributed by atoms with Crippen LogP contribution < -0.4 is 10.1 Å². The lowest BCUT2D eigenvalue weighted by atomic mass is 10.1. The van der Waals surface area contributed by atoms with E-state index in [9.17, 15) is 4.79 Å². The number of esters is 1. The third-order valence-corrected chi connectivity index (χ3v) is 3.59. The van der Waals surface area contributed by atoms with Crippen molar-refractivity contribution >= 4 is 5.97 Å². The van der Waals surface area contributed by atoms with Gasteiger partial charge in [0.15, 0.2) is 0 Å². The molecule has 1 aromatic rings. The van der Waals surface area contributed by atoms with Crippen molar-refractivity contribution in [2.45, 2.75) is 31.7 Å². The van der Waals surface area contributed by atoms with Gasteiger partial charge in [0.25, 0.3) is 0 Å². The molecule has 0 bridgehead atoms. The Bertz CT molecular complexity index is 445. The van der Waals surface area contributed by atoms with Crippen molar-refractivity contribution < 1.29 is 14.3 Å². The van der Waals surface area contributed by atoms with Gasteiger partial charge >= 0.3 is 5.97 Å². The zero-order chi connectivity index (χ0) is 13.7. The molecule has 1 aliphatic carbocycles. The number of nitrogens with one attached hydrogen (secondary N) is 1. The Morgan fingerprint density at radius 2 is 2.32 bits per heavy atom. The molecule has 0 saturated carbocycles. The molecule has 0 saturated heterocycles. The van der Waals surface area contributed by atoms with Crippen LogP contribution in [0.2, 0.25) is 0 Å². The first-order valence-electron chi connectivity index (χ1n) is 6.75. The van der Waals surface area contributed by atoms with Crippen molar-refractivity contribution in [3.8, 4) is 5.75 Å². The van der Waals surface area contributed by atoms with Crippen LogP contribution in [0.4, 0.5) is 0 Å². The molecule has 0 heterocycles. The molecule has 1 atom stereocenters. The Morgan fingerprint density at radius 1 is 1.47 bits per heavy atom. The monoisotopic (exact) mass is 263 g/mol. The van der Waals surface area contributed by atoms with Gasteiger partial charge in [-0.25, -0.2) is 0 Å². The van der Waals surface area contributed by atoms with Crippen LogP contribution in [-0.4, -0.2) is 26.7 Å². The van der Waals surface area contributed by atoms with Gasteiger partial charge in [-0.05, 0) is 43.5 Å². The summed E-state index contributed by atoms with van der Waals surface area (Å²) in [5.74, 6) is 0.775. The number of carbonyl (C=O) groups is 1. The zero-order valence-corrected chi connectivity index (χ0v) is 11.6. The summed E-state index contributed by atoms with van der Waals surface area (Å²) >= 11 is 0. The SMILES string of the molecule is CNC1CCc2c(OCCCC(=O)OC)cccc21. The van der Waals surface area contributed by atoms with Gasteiger partial charge in [0, 0.05) is 12.5 Å². The molecule has 0 fully saturated rings. The first-order valence-corrected chi connectivity index (χ1v) is 6.75. The van der Waals surface area contributed by atoms with E-state index < -0.39 is 0 Å². The smallest absolute Gasteiger partial charge is 0.305 e. The summed E-state index contributed by atoms with van der Waals surface area (Å²) in [6.45, 7) is 0.551. The topological polar surface area (TPSA) is 47.6 Å². The van der Waals surface area contributed by atoms with Gasteiger partial charge in [-0.1, -0.05) is 12.1 Å². The maximum atomic E-state index is 11.0. The fraction of sp³-hybridized carbons (Fsp3) is 0.533. The Labute approximate surface area is 114 Å². The number of hydrogen-bond acceptors (Lipinski definition) is 4. The van der Waals surface area contributed by atoms with Gasteiger partial charge in [0.05, 0.1) is 13.7 Å². The van der Waals surface area contributed by atoms with E-state index in [4.69, 9.17) is 4.74 Å². The molecule has 0 radical (unpaired) electrons. The fourth-order valence-corrected chi connectivity index (χ4v) is 2.56.